The van der Waals surface area contributed by atoms with Gasteiger partial charge >= 0.3 is 0 Å². The molecule has 0 fully saturated rings. The van der Waals surface area contributed by atoms with Crippen molar-refractivity contribution in [2.45, 2.75) is 40.0 Å². The number of nitrogens with zero attached hydrogens (tertiary/aromatic N) is 1. The highest BCUT2D eigenvalue weighted by Crippen LogP contribution is 2.21. The Balaban J connectivity index is 3.17. The molecular formula is C15H22N2O2. The van der Waals surface area contributed by atoms with Gasteiger partial charge in [-0.3, -0.25) is 14.6 Å². The van der Waals surface area contributed by atoms with Gasteiger partial charge in [-0.05, 0) is 30.9 Å². The van der Waals surface area contributed by atoms with E-state index in [0.29, 0.717) is 5.56 Å². The Bertz CT molecular complexity index is 468. The van der Waals surface area contributed by atoms with Gasteiger partial charge in [-0.15, -0.1) is 0 Å². The topological polar surface area (TPSA) is 63.4 Å². The molecule has 0 saturated heterocycles. The predicted molar refractivity (Wildman–Crippen MR) is 75.8 cm³/mol. The fourth-order valence-corrected chi connectivity index (χ4v) is 2.21. The third-order valence-electron chi connectivity index (χ3n) is 3.19. The normalized spacial score (nSPS) is 10.4. The number of ketones is 1. The fraction of sp³-hybridized carbons (Fsp3) is 0.467. The molecule has 1 aromatic rings. The minimum atomic E-state index is -0.366. The van der Waals surface area contributed by atoms with E-state index in [9.17, 15) is 9.59 Å². The maximum atomic E-state index is 12.3. The lowest BCUT2D eigenvalue weighted by atomic mass is 9.91. The Hall–Kier alpha value is -1.68. The average Bonchev–Trinajstić information content (AvgIpc) is 2.36. The van der Waals surface area contributed by atoms with E-state index in [0.717, 1.165) is 34.5 Å². The number of nitrogens with two attached hydrogens (primary N) is 1. The number of amides is 1. The predicted octanol–water partition coefficient (Wildman–Crippen LogP) is 2.02. The Morgan fingerprint density at radius 1 is 1.16 bits per heavy atom. The van der Waals surface area contributed by atoms with Crippen molar-refractivity contribution in [3.63, 3.8) is 0 Å². The maximum absolute atomic E-state index is 12.3. The molecule has 0 saturated carbocycles. The van der Waals surface area contributed by atoms with Crippen LogP contribution < -0.4 is 5.84 Å². The van der Waals surface area contributed by atoms with Crippen LogP contribution in [0.4, 0.5) is 0 Å². The molecule has 4 heteroatoms. The Morgan fingerprint density at radius 2 is 1.63 bits per heavy atom. The lowest BCUT2D eigenvalue weighted by Gasteiger charge is -2.15. The van der Waals surface area contributed by atoms with Gasteiger partial charge in [0.15, 0.2) is 5.78 Å². The molecule has 1 rings (SSSR count). The molecule has 0 unspecified atom stereocenters. The molecule has 0 aromatic heterocycles. The second-order valence-corrected chi connectivity index (χ2v) is 4.77. The van der Waals surface area contributed by atoms with Crippen LogP contribution in [-0.2, 0) is 17.6 Å². The number of hydrogen-bond acceptors (Lipinski definition) is 3. The number of aryl methyl sites for hydroxylation is 3. The van der Waals surface area contributed by atoms with E-state index in [1.807, 2.05) is 32.9 Å². The van der Waals surface area contributed by atoms with E-state index in [1.54, 1.807) is 0 Å². The molecule has 0 radical (unpaired) electrons. The molecule has 0 heterocycles. The lowest BCUT2D eigenvalue weighted by molar-refractivity contribution is -0.129. The van der Waals surface area contributed by atoms with Crippen LogP contribution in [0.25, 0.3) is 0 Å². The van der Waals surface area contributed by atoms with Crippen LogP contribution in [0.3, 0.4) is 0 Å². The number of hydrogen-bond donors (Lipinski definition) is 1. The van der Waals surface area contributed by atoms with Crippen LogP contribution in [0, 0.1) is 6.92 Å². The molecular weight excluding hydrogens is 240 g/mol. The molecule has 2 N–H and O–H groups in total. The molecule has 104 valence electrons. The highest BCUT2D eigenvalue weighted by Gasteiger charge is 2.19. The number of benzene rings is 1. The Kier molecular flexibility index (Phi) is 5.24. The van der Waals surface area contributed by atoms with Crippen LogP contribution in [0.5, 0.6) is 0 Å². The summed E-state index contributed by atoms with van der Waals surface area (Å²) in [6.45, 7) is 6.05. The molecule has 0 aliphatic heterocycles. The first-order valence-corrected chi connectivity index (χ1v) is 6.57. The first-order valence-electron chi connectivity index (χ1n) is 6.57. The molecule has 0 aliphatic carbocycles. The van der Waals surface area contributed by atoms with E-state index in [1.165, 1.54) is 7.05 Å². The van der Waals surface area contributed by atoms with Crippen molar-refractivity contribution in [2.75, 3.05) is 7.05 Å². The number of rotatable bonds is 5. The molecule has 0 spiro atoms. The van der Waals surface area contributed by atoms with Gasteiger partial charge in [-0.25, -0.2) is 5.84 Å². The number of hydrazine groups is 1. The van der Waals surface area contributed by atoms with E-state index >= 15 is 0 Å². The van der Waals surface area contributed by atoms with Gasteiger partial charge in [-0.1, -0.05) is 31.5 Å². The molecule has 1 aromatic carbocycles. The minimum absolute atomic E-state index is 0.143. The van der Waals surface area contributed by atoms with E-state index in [4.69, 9.17) is 5.84 Å². The fourth-order valence-electron chi connectivity index (χ4n) is 2.21. The molecule has 0 atom stereocenters. The summed E-state index contributed by atoms with van der Waals surface area (Å²) < 4.78 is 0. The molecule has 4 nitrogen and oxygen atoms in total. The standard InChI is InChI=1S/C15H22N2O2/c1-5-11-7-10(3)8-12(6-2)15(11)13(18)9-14(19)17(4)16/h7-8H,5-6,9,16H2,1-4H3. The van der Waals surface area contributed by atoms with E-state index < -0.39 is 0 Å². The largest absolute Gasteiger partial charge is 0.294 e. The van der Waals surface area contributed by atoms with Crippen molar-refractivity contribution in [3.05, 3.63) is 34.4 Å². The van der Waals surface area contributed by atoms with Crippen molar-refractivity contribution in [1.82, 2.24) is 5.01 Å². The maximum Gasteiger partial charge on any atom is 0.244 e. The summed E-state index contributed by atoms with van der Waals surface area (Å²) in [7, 11) is 1.45. The zero-order valence-electron chi connectivity index (χ0n) is 12.1. The molecule has 0 bridgehead atoms. The van der Waals surface area contributed by atoms with Gasteiger partial charge < -0.3 is 0 Å². The highest BCUT2D eigenvalue weighted by atomic mass is 16.2. The van der Waals surface area contributed by atoms with Crippen molar-refractivity contribution < 1.29 is 9.59 Å². The van der Waals surface area contributed by atoms with E-state index in [-0.39, 0.29) is 18.1 Å². The highest BCUT2D eigenvalue weighted by molar-refractivity contribution is 6.08. The summed E-state index contributed by atoms with van der Waals surface area (Å²) in [5, 5.41) is 0.962. The Morgan fingerprint density at radius 3 is 2.00 bits per heavy atom. The quantitative estimate of drug-likeness (QED) is 0.290. The summed E-state index contributed by atoms with van der Waals surface area (Å²) in [6.07, 6.45) is 1.39. The molecule has 0 aliphatic rings. The smallest absolute Gasteiger partial charge is 0.244 e. The van der Waals surface area contributed by atoms with Crippen LogP contribution in [0.2, 0.25) is 0 Å². The number of carbonyl (C=O) groups is 2. The van der Waals surface area contributed by atoms with E-state index in [2.05, 4.69) is 0 Å². The summed E-state index contributed by atoms with van der Waals surface area (Å²) in [4.78, 5) is 23.9. The zero-order chi connectivity index (χ0) is 14.6. The van der Waals surface area contributed by atoms with Gasteiger partial charge in [0.25, 0.3) is 0 Å². The summed E-state index contributed by atoms with van der Waals surface area (Å²) in [5.41, 5.74) is 3.86. The third kappa shape index (κ3) is 3.64. The van der Waals surface area contributed by atoms with Gasteiger partial charge in [-0.2, -0.15) is 0 Å². The van der Waals surface area contributed by atoms with Crippen LogP contribution >= 0.6 is 0 Å². The van der Waals surface area contributed by atoms with Crippen molar-refractivity contribution in [1.29, 1.82) is 0 Å². The summed E-state index contributed by atoms with van der Waals surface area (Å²) in [6, 6.07) is 4.03. The second-order valence-electron chi connectivity index (χ2n) is 4.77. The second kappa shape index (κ2) is 6.48. The monoisotopic (exact) mass is 262 g/mol. The van der Waals surface area contributed by atoms with Crippen LogP contribution in [0.1, 0.15) is 47.3 Å². The number of carbonyl (C=O) groups excluding carboxylic acids is 2. The van der Waals surface area contributed by atoms with Gasteiger partial charge in [0.05, 0.1) is 6.42 Å². The SMILES string of the molecule is CCc1cc(C)cc(CC)c1C(=O)CC(=O)N(C)N. The van der Waals surface area contributed by atoms with Crippen LogP contribution in [-0.4, -0.2) is 23.7 Å². The van der Waals surface area contributed by atoms with Crippen molar-refractivity contribution in [3.8, 4) is 0 Å². The minimum Gasteiger partial charge on any atom is -0.294 e. The first-order chi connectivity index (χ1) is 8.90. The van der Waals surface area contributed by atoms with Gasteiger partial charge in [0.2, 0.25) is 5.91 Å². The zero-order valence-corrected chi connectivity index (χ0v) is 12.1. The molecule has 1 amide bonds. The van der Waals surface area contributed by atoms with Gasteiger partial charge in [0.1, 0.15) is 0 Å². The summed E-state index contributed by atoms with van der Waals surface area (Å²) >= 11 is 0. The van der Waals surface area contributed by atoms with Gasteiger partial charge in [0, 0.05) is 12.6 Å². The summed E-state index contributed by atoms with van der Waals surface area (Å²) in [5.74, 6) is 4.85. The third-order valence-corrected chi connectivity index (χ3v) is 3.19. The molecule has 19 heavy (non-hydrogen) atoms. The van der Waals surface area contributed by atoms with Crippen LogP contribution in [0.15, 0.2) is 12.1 Å². The van der Waals surface area contributed by atoms with Crippen molar-refractivity contribution in [2.24, 2.45) is 5.84 Å². The number of Topliss-reactive ketones (excluding diaryl/α,β-unsaturated/α-hetero) is 1. The average molecular weight is 262 g/mol. The first kappa shape index (κ1) is 15.4. The lowest BCUT2D eigenvalue weighted by Crippen LogP contribution is -2.34. The van der Waals surface area contributed by atoms with Crippen molar-refractivity contribution >= 4 is 11.7 Å². The Labute approximate surface area is 114 Å².